The number of rotatable bonds is 4. The van der Waals surface area contributed by atoms with Crippen molar-refractivity contribution in [2.75, 3.05) is 0 Å². The Morgan fingerprint density at radius 1 is 1.04 bits per heavy atom. The SMILES string of the molecule is Cc1ccc(-n2cnnc2SCc2cccc3cccnc23)c(C)c1. The van der Waals surface area contributed by atoms with E-state index in [1.54, 1.807) is 18.1 Å². The van der Waals surface area contributed by atoms with E-state index in [9.17, 15) is 0 Å². The van der Waals surface area contributed by atoms with E-state index >= 15 is 0 Å². The summed E-state index contributed by atoms with van der Waals surface area (Å²) < 4.78 is 2.05. The first kappa shape index (κ1) is 15.8. The highest BCUT2D eigenvalue weighted by Gasteiger charge is 2.11. The van der Waals surface area contributed by atoms with Crippen LogP contribution < -0.4 is 0 Å². The third kappa shape index (κ3) is 3.15. The zero-order valence-corrected chi connectivity index (χ0v) is 15.0. The van der Waals surface area contributed by atoms with E-state index in [-0.39, 0.29) is 0 Å². The topological polar surface area (TPSA) is 43.6 Å². The molecule has 0 spiro atoms. The molecular formula is C20H18N4S. The number of hydrogen-bond donors (Lipinski definition) is 0. The molecular weight excluding hydrogens is 328 g/mol. The van der Waals surface area contributed by atoms with E-state index in [2.05, 4.69) is 76.1 Å². The summed E-state index contributed by atoms with van der Waals surface area (Å²) in [5.74, 6) is 0.804. The largest absolute Gasteiger partial charge is 0.276 e. The van der Waals surface area contributed by atoms with Crippen molar-refractivity contribution in [2.45, 2.75) is 24.8 Å². The number of aromatic nitrogens is 4. The van der Waals surface area contributed by atoms with Crippen LogP contribution in [0.1, 0.15) is 16.7 Å². The average molecular weight is 346 g/mol. The highest BCUT2D eigenvalue weighted by Crippen LogP contribution is 2.27. The molecule has 0 bridgehead atoms. The maximum absolute atomic E-state index is 4.53. The molecule has 2 heterocycles. The Kier molecular flexibility index (Phi) is 4.24. The van der Waals surface area contributed by atoms with Crippen LogP contribution in [-0.4, -0.2) is 19.7 Å². The molecule has 0 atom stereocenters. The van der Waals surface area contributed by atoms with Crippen molar-refractivity contribution in [2.24, 2.45) is 0 Å². The van der Waals surface area contributed by atoms with Crippen molar-refractivity contribution in [3.63, 3.8) is 0 Å². The van der Waals surface area contributed by atoms with Crippen LogP contribution in [0.3, 0.4) is 0 Å². The Balaban J connectivity index is 1.63. The van der Waals surface area contributed by atoms with Crippen molar-refractivity contribution >= 4 is 22.7 Å². The van der Waals surface area contributed by atoms with Gasteiger partial charge in [-0.1, -0.05) is 53.7 Å². The van der Waals surface area contributed by atoms with Crippen LogP contribution in [0.5, 0.6) is 0 Å². The van der Waals surface area contributed by atoms with E-state index in [1.165, 1.54) is 16.7 Å². The van der Waals surface area contributed by atoms with Crippen molar-refractivity contribution < 1.29 is 0 Å². The molecule has 0 unspecified atom stereocenters. The molecule has 0 aliphatic heterocycles. The smallest absolute Gasteiger partial charge is 0.195 e. The van der Waals surface area contributed by atoms with Crippen LogP contribution in [0.15, 0.2) is 66.2 Å². The molecule has 0 saturated carbocycles. The number of fused-ring (bicyclic) bond motifs is 1. The molecule has 5 heteroatoms. The number of benzene rings is 2. The van der Waals surface area contributed by atoms with Gasteiger partial charge in [-0.05, 0) is 37.1 Å². The van der Waals surface area contributed by atoms with Crippen molar-refractivity contribution in [1.29, 1.82) is 0 Å². The molecule has 4 rings (SSSR count). The summed E-state index contributed by atoms with van der Waals surface area (Å²) in [5, 5.41) is 10.5. The minimum absolute atomic E-state index is 0.804. The lowest BCUT2D eigenvalue weighted by molar-refractivity contribution is 0.877. The van der Waals surface area contributed by atoms with Gasteiger partial charge in [-0.3, -0.25) is 9.55 Å². The number of para-hydroxylation sites is 1. The fraction of sp³-hybridized carbons (Fsp3) is 0.150. The standard InChI is InChI=1S/C20H18N4S/c1-14-8-9-18(15(2)11-14)24-13-22-23-20(24)25-12-17-6-3-5-16-7-4-10-21-19(16)17/h3-11,13H,12H2,1-2H3. The van der Waals surface area contributed by atoms with Crippen LogP contribution in [0.2, 0.25) is 0 Å². The molecule has 2 aromatic heterocycles. The molecule has 0 N–H and O–H groups in total. The quantitative estimate of drug-likeness (QED) is 0.501. The van der Waals surface area contributed by atoms with Gasteiger partial charge in [0.1, 0.15) is 6.33 Å². The van der Waals surface area contributed by atoms with Gasteiger partial charge in [-0.15, -0.1) is 10.2 Å². The lowest BCUT2D eigenvalue weighted by Crippen LogP contribution is -1.98. The molecule has 4 nitrogen and oxygen atoms in total. The maximum atomic E-state index is 4.53. The van der Waals surface area contributed by atoms with Gasteiger partial charge < -0.3 is 0 Å². The molecule has 0 aliphatic carbocycles. The van der Waals surface area contributed by atoms with E-state index in [4.69, 9.17) is 0 Å². The summed E-state index contributed by atoms with van der Waals surface area (Å²) in [6, 6.07) is 16.8. The van der Waals surface area contributed by atoms with Crippen molar-refractivity contribution in [1.82, 2.24) is 19.7 Å². The third-order valence-corrected chi connectivity index (χ3v) is 5.19. The van der Waals surface area contributed by atoms with Gasteiger partial charge in [0, 0.05) is 17.3 Å². The Morgan fingerprint density at radius 3 is 2.80 bits per heavy atom. The lowest BCUT2D eigenvalue weighted by Gasteiger charge is -2.10. The number of hydrogen-bond acceptors (Lipinski definition) is 4. The van der Waals surface area contributed by atoms with Crippen LogP contribution >= 0.6 is 11.8 Å². The van der Waals surface area contributed by atoms with Gasteiger partial charge in [0.2, 0.25) is 0 Å². The van der Waals surface area contributed by atoms with E-state index in [0.717, 1.165) is 27.5 Å². The third-order valence-electron chi connectivity index (χ3n) is 4.20. The summed E-state index contributed by atoms with van der Waals surface area (Å²) in [6.07, 6.45) is 3.62. The fourth-order valence-electron chi connectivity index (χ4n) is 2.99. The molecule has 124 valence electrons. The number of thioether (sulfide) groups is 1. The second kappa shape index (κ2) is 6.69. The first-order valence-corrected chi connectivity index (χ1v) is 9.14. The first-order chi connectivity index (χ1) is 12.2. The van der Waals surface area contributed by atoms with Gasteiger partial charge in [0.25, 0.3) is 0 Å². The van der Waals surface area contributed by atoms with Crippen molar-refractivity contribution in [3.05, 3.63) is 77.7 Å². The predicted octanol–water partition coefficient (Wildman–Crippen LogP) is 4.72. The van der Waals surface area contributed by atoms with Gasteiger partial charge in [0.15, 0.2) is 5.16 Å². The minimum atomic E-state index is 0.804. The summed E-state index contributed by atoms with van der Waals surface area (Å²) in [6.45, 7) is 4.22. The molecule has 0 fully saturated rings. The Labute approximate surface area is 150 Å². The van der Waals surface area contributed by atoms with Crippen LogP contribution in [-0.2, 0) is 5.75 Å². The Morgan fingerprint density at radius 2 is 1.92 bits per heavy atom. The molecule has 4 aromatic rings. The molecule has 2 aromatic carbocycles. The van der Waals surface area contributed by atoms with Gasteiger partial charge in [-0.25, -0.2) is 0 Å². The normalized spacial score (nSPS) is 11.1. The second-order valence-corrected chi connectivity index (χ2v) is 7.00. The highest BCUT2D eigenvalue weighted by molar-refractivity contribution is 7.98. The highest BCUT2D eigenvalue weighted by atomic mass is 32.2. The first-order valence-electron chi connectivity index (χ1n) is 8.15. The molecule has 25 heavy (non-hydrogen) atoms. The van der Waals surface area contributed by atoms with Gasteiger partial charge in [-0.2, -0.15) is 0 Å². The average Bonchev–Trinajstić information content (AvgIpc) is 3.08. The van der Waals surface area contributed by atoms with Crippen molar-refractivity contribution in [3.8, 4) is 5.69 Å². The van der Waals surface area contributed by atoms with Gasteiger partial charge >= 0.3 is 0 Å². The summed E-state index contributed by atoms with van der Waals surface area (Å²) in [7, 11) is 0. The van der Waals surface area contributed by atoms with E-state index < -0.39 is 0 Å². The molecule has 0 saturated heterocycles. The van der Waals surface area contributed by atoms with Crippen LogP contribution in [0.25, 0.3) is 16.6 Å². The van der Waals surface area contributed by atoms with Gasteiger partial charge in [0.05, 0.1) is 11.2 Å². The predicted molar refractivity (Wildman–Crippen MR) is 102 cm³/mol. The zero-order valence-electron chi connectivity index (χ0n) is 14.2. The van der Waals surface area contributed by atoms with Crippen LogP contribution in [0.4, 0.5) is 0 Å². The second-order valence-electron chi connectivity index (χ2n) is 6.05. The maximum Gasteiger partial charge on any atom is 0.195 e. The number of pyridine rings is 1. The molecule has 0 amide bonds. The molecule has 0 radical (unpaired) electrons. The minimum Gasteiger partial charge on any atom is -0.276 e. The Hall–Kier alpha value is -2.66. The molecule has 0 aliphatic rings. The number of aryl methyl sites for hydroxylation is 2. The lowest BCUT2D eigenvalue weighted by atomic mass is 10.1. The Bertz CT molecular complexity index is 1030. The van der Waals surface area contributed by atoms with E-state index in [0.29, 0.717) is 0 Å². The zero-order chi connectivity index (χ0) is 17.2. The summed E-state index contributed by atoms with van der Waals surface area (Å²) in [5.41, 5.74) is 5.85. The van der Waals surface area contributed by atoms with E-state index in [1.807, 2.05) is 12.3 Å². The monoisotopic (exact) mass is 346 g/mol. The summed E-state index contributed by atoms with van der Waals surface area (Å²) >= 11 is 1.68. The summed E-state index contributed by atoms with van der Waals surface area (Å²) in [4.78, 5) is 4.53. The fourth-order valence-corrected chi connectivity index (χ4v) is 3.90. The van der Waals surface area contributed by atoms with Crippen LogP contribution in [0, 0.1) is 13.8 Å². The number of nitrogens with zero attached hydrogens (tertiary/aromatic N) is 4.